The van der Waals surface area contributed by atoms with Gasteiger partial charge in [-0.25, -0.2) is 4.79 Å². The average Bonchev–Trinajstić information content (AvgIpc) is 3.00. The predicted molar refractivity (Wildman–Crippen MR) is 154 cm³/mol. The van der Waals surface area contributed by atoms with Crippen LogP contribution in [0.5, 0.6) is 11.5 Å². The number of hydrogen-bond donors (Lipinski definition) is 2. The molecule has 0 saturated heterocycles. The van der Waals surface area contributed by atoms with Gasteiger partial charge in [0, 0.05) is 13.0 Å². The zero-order chi connectivity index (χ0) is 31.4. The van der Waals surface area contributed by atoms with E-state index < -0.39 is 41.1 Å². The molecule has 1 aliphatic heterocycles. The van der Waals surface area contributed by atoms with Crippen molar-refractivity contribution >= 4 is 17.8 Å². The maximum atomic E-state index is 13.7. The summed E-state index contributed by atoms with van der Waals surface area (Å²) in [6, 6.07) is 10.2. The van der Waals surface area contributed by atoms with Crippen molar-refractivity contribution in [2.24, 2.45) is 0 Å². The third-order valence-electron chi connectivity index (χ3n) is 7.30. The summed E-state index contributed by atoms with van der Waals surface area (Å²) >= 11 is 0. The van der Waals surface area contributed by atoms with Gasteiger partial charge in [-0.05, 0) is 67.9 Å². The Morgan fingerprint density at radius 3 is 2.33 bits per heavy atom. The summed E-state index contributed by atoms with van der Waals surface area (Å²) in [6.45, 7) is 1.74. The second-order valence-electron chi connectivity index (χ2n) is 10.3. The number of carbonyl (C=O) groups excluding carboxylic acids is 2. The topological polar surface area (TPSA) is 167 Å². The lowest BCUT2D eigenvalue weighted by molar-refractivity contribution is -0.757. The fraction of sp³-hybridized carbons (Fsp3) is 0.500. The maximum Gasteiger partial charge on any atom is 0.326 e. The van der Waals surface area contributed by atoms with E-state index >= 15 is 0 Å². The highest BCUT2D eigenvalue weighted by Crippen LogP contribution is 2.35. The number of carboxylic acid groups (broad SMARTS) is 1. The Hall–Kier alpha value is -4.39. The van der Waals surface area contributed by atoms with Crippen molar-refractivity contribution in [3.8, 4) is 11.5 Å². The molecular formula is C30H39N3O10. The second-order valence-corrected chi connectivity index (χ2v) is 10.3. The van der Waals surface area contributed by atoms with Gasteiger partial charge >= 0.3 is 11.9 Å². The van der Waals surface area contributed by atoms with Gasteiger partial charge in [0.2, 0.25) is 5.91 Å². The Morgan fingerprint density at radius 2 is 1.70 bits per heavy atom. The molecule has 0 spiro atoms. The number of carbonyl (C=O) groups is 3. The number of amides is 1. The minimum atomic E-state index is -1.13. The summed E-state index contributed by atoms with van der Waals surface area (Å²) < 4.78 is 16.2. The number of methoxy groups -OCH3 is 2. The summed E-state index contributed by atoms with van der Waals surface area (Å²) in [4.78, 5) is 54.8. The first kappa shape index (κ1) is 33.1. The summed E-state index contributed by atoms with van der Waals surface area (Å²) in [7, 11) is 3.00. The molecule has 1 heterocycles. The first-order valence-corrected chi connectivity index (χ1v) is 14.2. The molecular weight excluding hydrogens is 562 g/mol. The molecule has 0 aromatic heterocycles. The van der Waals surface area contributed by atoms with Crippen LogP contribution in [0.15, 0.2) is 42.5 Å². The smallest absolute Gasteiger partial charge is 0.326 e. The van der Waals surface area contributed by atoms with Gasteiger partial charge < -0.3 is 29.1 Å². The lowest BCUT2D eigenvalue weighted by atomic mass is 9.92. The van der Waals surface area contributed by atoms with Gasteiger partial charge in [-0.3, -0.25) is 14.9 Å². The van der Waals surface area contributed by atoms with Crippen molar-refractivity contribution in [1.82, 2.24) is 10.2 Å². The number of nitrogens with one attached hydrogen (secondary N) is 1. The number of fused-ring (bicyclic) bond motifs is 1. The number of hydrogen-bond acceptors (Lipinski definition) is 10. The Balaban J connectivity index is 1.69. The monoisotopic (exact) mass is 601 g/mol. The van der Waals surface area contributed by atoms with Crippen molar-refractivity contribution in [1.29, 1.82) is 0 Å². The van der Waals surface area contributed by atoms with E-state index in [1.807, 2.05) is 30.3 Å². The molecule has 3 atom stereocenters. The molecule has 1 amide bonds. The number of carboxylic acids is 1. The van der Waals surface area contributed by atoms with Crippen LogP contribution in [0.25, 0.3) is 0 Å². The molecule has 0 saturated carbocycles. The van der Waals surface area contributed by atoms with E-state index in [0.29, 0.717) is 43.6 Å². The molecule has 0 bridgehead atoms. The van der Waals surface area contributed by atoms with Crippen LogP contribution < -0.4 is 14.8 Å². The Morgan fingerprint density at radius 1 is 1.05 bits per heavy atom. The van der Waals surface area contributed by atoms with Crippen molar-refractivity contribution < 1.29 is 43.6 Å². The summed E-state index contributed by atoms with van der Waals surface area (Å²) in [5.74, 6) is -1.18. The molecule has 1 aliphatic rings. The van der Waals surface area contributed by atoms with Crippen LogP contribution in [0.1, 0.15) is 49.3 Å². The lowest BCUT2D eigenvalue weighted by Gasteiger charge is -2.37. The molecule has 2 aromatic carbocycles. The predicted octanol–water partition coefficient (Wildman–Crippen LogP) is 2.94. The fourth-order valence-electron chi connectivity index (χ4n) is 5.00. The second kappa shape index (κ2) is 16.3. The van der Waals surface area contributed by atoms with E-state index in [1.165, 1.54) is 19.1 Å². The number of esters is 1. The number of aliphatic carboxylic acids is 1. The van der Waals surface area contributed by atoms with Gasteiger partial charge in [-0.2, -0.15) is 0 Å². The molecule has 13 heteroatoms. The minimum absolute atomic E-state index is 0.0273. The first-order chi connectivity index (χ1) is 20.6. The fourth-order valence-corrected chi connectivity index (χ4v) is 5.00. The van der Waals surface area contributed by atoms with Crippen LogP contribution >= 0.6 is 0 Å². The minimum Gasteiger partial charge on any atom is -0.493 e. The quantitative estimate of drug-likeness (QED) is 0.118. The molecule has 13 nitrogen and oxygen atoms in total. The van der Waals surface area contributed by atoms with Gasteiger partial charge in [0.25, 0.3) is 5.09 Å². The van der Waals surface area contributed by atoms with E-state index in [4.69, 9.17) is 14.2 Å². The van der Waals surface area contributed by atoms with Crippen molar-refractivity contribution in [3.63, 3.8) is 0 Å². The molecule has 0 radical (unpaired) electrons. The Bertz CT molecular complexity index is 1260. The van der Waals surface area contributed by atoms with Gasteiger partial charge in [0.05, 0.1) is 33.5 Å². The molecule has 3 unspecified atom stereocenters. The SMILES string of the molecule is COc1cc2c(cc1OC)CN(C(=O)C(C)NC(CCc1ccccc1)C(=O)OCCCCCO[N+](=O)[O-])C(C(=O)O)C2. The third kappa shape index (κ3) is 9.57. The maximum absolute atomic E-state index is 13.7. The third-order valence-corrected chi connectivity index (χ3v) is 7.30. The molecule has 234 valence electrons. The zero-order valence-corrected chi connectivity index (χ0v) is 24.7. The van der Waals surface area contributed by atoms with Crippen LogP contribution in [0.4, 0.5) is 0 Å². The van der Waals surface area contributed by atoms with E-state index in [2.05, 4.69) is 10.2 Å². The van der Waals surface area contributed by atoms with Gasteiger partial charge in [0.15, 0.2) is 11.5 Å². The average molecular weight is 602 g/mol. The number of rotatable bonds is 17. The van der Waals surface area contributed by atoms with E-state index in [9.17, 15) is 29.6 Å². The Kier molecular flexibility index (Phi) is 12.6. The molecule has 2 N–H and O–H groups in total. The number of aryl methyl sites for hydroxylation is 1. The van der Waals surface area contributed by atoms with Crippen molar-refractivity contribution in [2.75, 3.05) is 27.4 Å². The number of ether oxygens (including phenoxy) is 3. The van der Waals surface area contributed by atoms with E-state index in [1.54, 1.807) is 19.1 Å². The van der Waals surface area contributed by atoms with Crippen LogP contribution in [0.2, 0.25) is 0 Å². The largest absolute Gasteiger partial charge is 0.493 e. The molecule has 3 rings (SSSR count). The normalized spacial score (nSPS) is 15.5. The van der Waals surface area contributed by atoms with Crippen molar-refractivity contribution in [3.05, 3.63) is 69.3 Å². The highest BCUT2D eigenvalue weighted by Gasteiger charge is 2.38. The first-order valence-electron chi connectivity index (χ1n) is 14.2. The van der Waals surface area contributed by atoms with Crippen LogP contribution in [-0.4, -0.2) is 78.5 Å². The molecule has 43 heavy (non-hydrogen) atoms. The zero-order valence-electron chi connectivity index (χ0n) is 24.7. The summed E-state index contributed by atoms with van der Waals surface area (Å²) in [5.41, 5.74) is 2.51. The van der Waals surface area contributed by atoms with Gasteiger partial charge in [0.1, 0.15) is 12.1 Å². The number of benzene rings is 2. The summed E-state index contributed by atoms with van der Waals surface area (Å²) in [5, 5.41) is 22.5. The number of nitrogens with zero attached hydrogens (tertiary/aromatic N) is 2. The van der Waals surface area contributed by atoms with Crippen LogP contribution in [0, 0.1) is 10.1 Å². The number of unbranched alkanes of at least 4 members (excludes halogenated alkanes) is 2. The molecule has 0 aliphatic carbocycles. The van der Waals surface area contributed by atoms with Gasteiger partial charge in [-0.15, -0.1) is 10.1 Å². The van der Waals surface area contributed by atoms with Crippen molar-refractivity contribution in [2.45, 2.75) is 70.1 Å². The Labute approximate surface area is 250 Å². The van der Waals surface area contributed by atoms with E-state index in [-0.39, 0.29) is 26.2 Å². The highest BCUT2D eigenvalue weighted by molar-refractivity contribution is 5.88. The lowest BCUT2D eigenvalue weighted by Crippen LogP contribution is -2.56. The van der Waals surface area contributed by atoms with Gasteiger partial charge in [-0.1, -0.05) is 30.3 Å². The molecule has 2 aromatic rings. The highest BCUT2D eigenvalue weighted by atomic mass is 16.9. The molecule has 0 fully saturated rings. The summed E-state index contributed by atoms with van der Waals surface area (Å²) in [6.07, 6.45) is 2.50. The standard InChI is InChI=1S/C30H39N3O10/c1-20(28(34)32-19-23-18-27(41-3)26(40-2)17-22(23)16-25(32)29(35)36)31-24(13-12-21-10-6-4-7-11-21)30(37)42-14-8-5-9-15-43-33(38)39/h4,6-7,10-11,17-18,20,24-25,31H,5,8-9,12-16,19H2,1-3H3,(H,35,36). The van der Waals surface area contributed by atoms with Crippen LogP contribution in [0.3, 0.4) is 0 Å². The van der Waals surface area contributed by atoms with Crippen LogP contribution in [-0.2, 0) is 43.3 Å². The van der Waals surface area contributed by atoms with E-state index in [0.717, 1.165) is 16.7 Å².